The van der Waals surface area contributed by atoms with Crippen LogP contribution in [0.15, 0.2) is 36.4 Å². The highest BCUT2D eigenvalue weighted by Crippen LogP contribution is 2.11. The molecule has 0 aliphatic carbocycles. The molecule has 106 valence electrons. The second kappa shape index (κ2) is 6.34. The van der Waals surface area contributed by atoms with Crippen molar-refractivity contribution in [3.8, 4) is 0 Å². The highest BCUT2D eigenvalue weighted by Gasteiger charge is 2.14. The predicted molar refractivity (Wildman–Crippen MR) is 76.4 cm³/mol. The van der Waals surface area contributed by atoms with Crippen molar-refractivity contribution in [2.75, 3.05) is 6.54 Å². The first-order chi connectivity index (χ1) is 9.61. The van der Waals surface area contributed by atoms with Gasteiger partial charge in [0.05, 0.1) is 11.8 Å². The van der Waals surface area contributed by atoms with Crippen LogP contribution in [0.1, 0.15) is 34.8 Å². The third-order valence-corrected chi connectivity index (χ3v) is 3.07. The standard InChI is InChI=1S/C15H19N3O2/c1-3-18-13(9-11(2)17-18)15(20)16-10-14(19)12-7-5-4-6-8-12/h4-9,14,19H,3,10H2,1-2H3,(H,16,20). The van der Waals surface area contributed by atoms with Crippen LogP contribution in [0.3, 0.4) is 0 Å². The molecule has 0 fully saturated rings. The Morgan fingerprint density at radius 2 is 2.10 bits per heavy atom. The van der Waals surface area contributed by atoms with E-state index in [2.05, 4.69) is 10.4 Å². The van der Waals surface area contributed by atoms with Gasteiger partial charge in [-0.3, -0.25) is 9.48 Å². The quantitative estimate of drug-likeness (QED) is 0.871. The number of carbonyl (C=O) groups is 1. The molecule has 0 spiro atoms. The number of nitrogens with one attached hydrogen (secondary N) is 1. The highest BCUT2D eigenvalue weighted by atomic mass is 16.3. The number of aliphatic hydroxyl groups excluding tert-OH is 1. The maximum Gasteiger partial charge on any atom is 0.269 e. The second-order valence-electron chi connectivity index (χ2n) is 4.62. The second-order valence-corrected chi connectivity index (χ2v) is 4.62. The normalized spacial score (nSPS) is 12.2. The van der Waals surface area contributed by atoms with E-state index in [4.69, 9.17) is 0 Å². The fourth-order valence-electron chi connectivity index (χ4n) is 2.04. The number of carbonyl (C=O) groups excluding carboxylic acids is 1. The lowest BCUT2D eigenvalue weighted by molar-refractivity contribution is 0.0905. The van der Waals surface area contributed by atoms with Crippen LogP contribution in [-0.2, 0) is 6.54 Å². The molecule has 1 unspecified atom stereocenters. The molecule has 2 aromatic rings. The van der Waals surface area contributed by atoms with E-state index in [0.29, 0.717) is 12.2 Å². The maximum absolute atomic E-state index is 12.1. The third kappa shape index (κ3) is 3.24. The summed E-state index contributed by atoms with van der Waals surface area (Å²) in [6, 6.07) is 11.0. The van der Waals surface area contributed by atoms with E-state index in [1.165, 1.54) is 0 Å². The Morgan fingerprint density at radius 3 is 2.75 bits per heavy atom. The van der Waals surface area contributed by atoms with Gasteiger partial charge < -0.3 is 10.4 Å². The monoisotopic (exact) mass is 273 g/mol. The van der Waals surface area contributed by atoms with Crippen molar-refractivity contribution in [1.29, 1.82) is 0 Å². The van der Waals surface area contributed by atoms with Gasteiger partial charge in [-0.25, -0.2) is 0 Å². The van der Waals surface area contributed by atoms with Crippen LogP contribution in [-0.4, -0.2) is 27.3 Å². The maximum atomic E-state index is 12.1. The molecule has 1 amide bonds. The van der Waals surface area contributed by atoms with E-state index < -0.39 is 6.10 Å². The Labute approximate surface area is 118 Å². The number of aromatic nitrogens is 2. The number of hydrogen-bond acceptors (Lipinski definition) is 3. The van der Waals surface area contributed by atoms with Crippen LogP contribution in [0, 0.1) is 6.92 Å². The summed E-state index contributed by atoms with van der Waals surface area (Å²) in [5.74, 6) is -0.220. The smallest absolute Gasteiger partial charge is 0.269 e. The minimum absolute atomic E-state index is 0.177. The van der Waals surface area contributed by atoms with Gasteiger partial charge in [0.15, 0.2) is 0 Å². The zero-order valence-corrected chi connectivity index (χ0v) is 11.7. The number of hydrogen-bond donors (Lipinski definition) is 2. The summed E-state index contributed by atoms with van der Waals surface area (Å²) >= 11 is 0. The topological polar surface area (TPSA) is 67.2 Å². The summed E-state index contributed by atoms with van der Waals surface area (Å²) in [5.41, 5.74) is 2.11. The van der Waals surface area contributed by atoms with Gasteiger partial charge in [-0.15, -0.1) is 0 Å². The summed E-state index contributed by atoms with van der Waals surface area (Å²) < 4.78 is 1.65. The molecular weight excluding hydrogens is 254 g/mol. The molecule has 0 bridgehead atoms. The first-order valence-corrected chi connectivity index (χ1v) is 6.67. The molecule has 2 rings (SSSR count). The van der Waals surface area contributed by atoms with Gasteiger partial charge in [-0.1, -0.05) is 30.3 Å². The van der Waals surface area contributed by atoms with Crippen molar-refractivity contribution in [2.24, 2.45) is 0 Å². The fourth-order valence-corrected chi connectivity index (χ4v) is 2.04. The molecule has 1 atom stereocenters. The lowest BCUT2D eigenvalue weighted by Gasteiger charge is -2.12. The van der Waals surface area contributed by atoms with Crippen molar-refractivity contribution < 1.29 is 9.90 Å². The average molecular weight is 273 g/mol. The van der Waals surface area contributed by atoms with E-state index in [1.807, 2.05) is 44.2 Å². The molecule has 5 heteroatoms. The summed E-state index contributed by atoms with van der Waals surface area (Å²) in [6.45, 7) is 4.60. The van der Waals surface area contributed by atoms with E-state index in [-0.39, 0.29) is 12.5 Å². The minimum Gasteiger partial charge on any atom is -0.387 e. The largest absolute Gasteiger partial charge is 0.387 e. The third-order valence-electron chi connectivity index (χ3n) is 3.07. The van der Waals surface area contributed by atoms with Crippen LogP contribution < -0.4 is 5.32 Å². The van der Waals surface area contributed by atoms with E-state index in [9.17, 15) is 9.90 Å². The molecule has 0 saturated carbocycles. The van der Waals surface area contributed by atoms with Crippen molar-refractivity contribution in [3.63, 3.8) is 0 Å². The number of benzene rings is 1. The highest BCUT2D eigenvalue weighted by molar-refractivity contribution is 5.92. The summed E-state index contributed by atoms with van der Waals surface area (Å²) in [6.07, 6.45) is -0.709. The molecule has 0 radical (unpaired) electrons. The lowest BCUT2D eigenvalue weighted by Crippen LogP contribution is -2.30. The molecule has 1 aromatic carbocycles. The van der Waals surface area contributed by atoms with Crippen LogP contribution in [0.5, 0.6) is 0 Å². The zero-order chi connectivity index (χ0) is 14.5. The molecule has 0 aliphatic rings. The van der Waals surface area contributed by atoms with E-state index >= 15 is 0 Å². The Kier molecular flexibility index (Phi) is 4.53. The molecular formula is C15H19N3O2. The summed E-state index contributed by atoms with van der Waals surface area (Å²) in [7, 11) is 0. The molecule has 5 nitrogen and oxygen atoms in total. The van der Waals surface area contributed by atoms with Crippen LogP contribution in [0.2, 0.25) is 0 Å². The first-order valence-electron chi connectivity index (χ1n) is 6.67. The number of aryl methyl sites for hydroxylation is 2. The molecule has 20 heavy (non-hydrogen) atoms. The van der Waals surface area contributed by atoms with Gasteiger partial charge >= 0.3 is 0 Å². The van der Waals surface area contributed by atoms with Crippen LogP contribution in [0.4, 0.5) is 0 Å². The molecule has 2 N–H and O–H groups in total. The van der Waals surface area contributed by atoms with Gasteiger partial charge in [0.2, 0.25) is 0 Å². The Balaban J connectivity index is 1.98. The number of aliphatic hydroxyl groups is 1. The molecule has 1 heterocycles. The van der Waals surface area contributed by atoms with Crippen LogP contribution >= 0.6 is 0 Å². The molecule has 0 aliphatic heterocycles. The average Bonchev–Trinajstić information content (AvgIpc) is 2.86. The summed E-state index contributed by atoms with van der Waals surface area (Å²) in [4.78, 5) is 12.1. The number of nitrogens with zero attached hydrogens (tertiary/aromatic N) is 2. The van der Waals surface area contributed by atoms with Crippen molar-refractivity contribution in [1.82, 2.24) is 15.1 Å². The molecule has 0 saturated heterocycles. The molecule has 1 aromatic heterocycles. The fraction of sp³-hybridized carbons (Fsp3) is 0.333. The Hall–Kier alpha value is -2.14. The van der Waals surface area contributed by atoms with Gasteiger partial charge in [-0.2, -0.15) is 5.10 Å². The minimum atomic E-state index is -0.709. The van der Waals surface area contributed by atoms with Gasteiger partial charge in [0, 0.05) is 13.1 Å². The number of rotatable bonds is 5. The van der Waals surface area contributed by atoms with E-state index in [0.717, 1.165) is 11.3 Å². The van der Waals surface area contributed by atoms with Gasteiger partial charge in [-0.05, 0) is 25.5 Å². The van der Waals surface area contributed by atoms with Crippen molar-refractivity contribution >= 4 is 5.91 Å². The predicted octanol–water partition coefficient (Wildman–Crippen LogP) is 1.67. The zero-order valence-electron chi connectivity index (χ0n) is 11.7. The SMILES string of the molecule is CCn1nc(C)cc1C(=O)NCC(O)c1ccccc1. The van der Waals surface area contributed by atoms with E-state index in [1.54, 1.807) is 10.7 Å². The van der Waals surface area contributed by atoms with Crippen LogP contribution in [0.25, 0.3) is 0 Å². The van der Waals surface area contributed by atoms with Gasteiger partial charge in [0.1, 0.15) is 5.69 Å². The Bertz CT molecular complexity index is 578. The first kappa shape index (κ1) is 14.3. The van der Waals surface area contributed by atoms with Crippen molar-refractivity contribution in [2.45, 2.75) is 26.5 Å². The van der Waals surface area contributed by atoms with Gasteiger partial charge in [0.25, 0.3) is 5.91 Å². The Morgan fingerprint density at radius 1 is 1.40 bits per heavy atom. The lowest BCUT2D eigenvalue weighted by atomic mass is 10.1. The number of amides is 1. The van der Waals surface area contributed by atoms with Crippen molar-refractivity contribution in [3.05, 3.63) is 53.3 Å². The summed E-state index contributed by atoms with van der Waals surface area (Å²) in [5, 5.41) is 17.0.